The Bertz CT molecular complexity index is 881. The molecule has 3 rings (SSSR count). The summed E-state index contributed by atoms with van der Waals surface area (Å²) in [5, 5.41) is 12.0. The second-order valence-electron chi connectivity index (χ2n) is 8.34. The summed E-state index contributed by atoms with van der Waals surface area (Å²) >= 11 is 0. The average Bonchev–Trinajstić information content (AvgIpc) is 2.81. The quantitative estimate of drug-likeness (QED) is 0.903. The van der Waals surface area contributed by atoms with Crippen molar-refractivity contribution in [1.29, 1.82) is 5.26 Å². The Labute approximate surface area is 146 Å². The fraction of sp³-hybridized carbons (Fsp3) is 0.526. The van der Waals surface area contributed by atoms with Crippen molar-refractivity contribution in [2.45, 2.75) is 58.9 Å². The Hall–Kier alpha value is -2.42. The smallest absolute Gasteiger partial charge is 0.227 e. The van der Waals surface area contributed by atoms with E-state index in [9.17, 15) is 9.18 Å². The van der Waals surface area contributed by atoms with Crippen LogP contribution in [-0.2, 0) is 10.3 Å². The molecular weight excluding hydrogens is 319 g/mol. The molecule has 0 aliphatic heterocycles. The van der Waals surface area contributed by atoms with Gasteiger partial charge in [-0.15, -0.1) is 0 Å². The summed E-state index contributed by atoms with van der Waals surface area (Å²) < 4.78 is 16.3. The zero-order valence-electron chi connectivity index (χ0n) is 15.1. The molecule has 1 aromatic carbocycles. The molecule has 1 aromatic heterocycles. The number of nitriles is 1. The van der Waals surface area contributed by atoms with Gasteiger partial charge in [0.1, 0.15) is 5.52 Å². The van der Waals surface area contributed by atoms with Crippen molar-refractivity contribution < 1.29 is 9.18 Å². The number of nitrogens with zero attached hydrogens (tertiary/aromatic N) is 3. The summed E-state index contributed by atoms with van der Waals surface area (Å²) in [4.78, 5) is 16.7. The third kappa shape index (κ3) is 3.23. The molecule has 1 N–H and O–H groups in total. The molecule has 1 aliphatic rings. The van der Waals surface area contributed by atoms with Crippen molar-refractivity contribution in [1.82, 2.24) is 9.55 Å². The molecule has 1 amide bonds. The van der Waals surface area contributed by atoms with Crippen LogP contribution in [0.1, 0.15) is 58.9 Å². The molecule has 0 spiro atoms. The molecule has 5 nitrogen and oxygen atoms in total. The van der Waals surface area contributed by atoms with E-state index in [1.807, 2.05) is 31.4 Å². The molecule has 0 atom stereocenters. The molecule has 25 heavy (non-hydrogen) atoms. The predicted molar refractivity (Wildman–Crippen MR) is 94.6 cm³/mol. The Balaban J connectivity index is 2.11. The molecule has 132 valence electrons. The number of anilines is 1. The van der Waals surface area contributed by atoms with Crippen molar-refractivity contribution in [3.05, 3.63) is 23.5 Å². The molecule has 1 saturated carbocycles. The van der Waals surface area contributed by atoms with Crippen LogP contribution in [0.5, 0.6) is 0 Å². The monoisotopic (exact) mass is 342 g/mol. The minimum atomic E-state index is -0.540. The molecule has 1 heterocycles. The van der Waals surface area contributed by atoms with Crippen LogP contribution in [0, 0.1) is 22.6 Å². The Morgan fingerprint density at radius 1 is 1.44 bits per heavy atom. The number of hydrogen-bond acceptors (Lipinski definition) is 3. The number of rotatable bonds is 3. The maximum Gasteiger partial charge on any atom is 0.227 e. The first-order valence-corrected chi connectivity index (χ1v) is 8.55. The van der Waals surface area contributed by atoms with Crippen LogP contribution < -0.4 is 5.32 Å². The fourth-order valence-electron chi connectivity index (χ4n) is 3.39. The summed E-state index contributed by atoms with van der Waals surface area (Å²) in [6.45, 7) is 8.04. The van der Waals surface area contributed by atoms with Crippen molar-refractivity contribution >= 4 is 22.9 Å². The summed E-state index contributed by atoms with van der Waals surface area (Å²) in [5.41, 5.74) is 0.629. The van der Waals surface area contributed by atoms with Gasteiger partial charge in [0.15, 0.2) is 5.82 Å². The first-order chi connectivity index (χ1) is 11.6. The van der Waals surface area contributed by atoms with Gasteiger partial charge in [0.25, 0.3) is 0 Å². The lowest BCUT2D eigenvalue weighted by Crippen LogP contribution is -2.38. The standard InChI is InChI=1S/C19H23FN4O/c1-18(2,3)10-15(25)22-17-23-16-13(20)8-12(11-21)9-14(16)24(17)19(4)6-5-7-19/h8-9H,5-7,10H2,1-4H3,(H,22,23,25). The second kappa shape index (κ2) is 5.83. The number of aromatic nitrogens is 2. The van der Waals surface area contributed by atoms with Crippen molar-refractivity contribution in [3.8, 4) is 6.07 Å². The number of amides is 1. The van der Waals surface area contributed by atoms with Crippen LogP contribution in [0.2, 0.25) is 0 Å². The predicted octanol–water partition coefficient (Wildman–Crippen LogP) is 4.32. The number of carbonyl (C=O) groups is 1. The molecule has 0 bridgehead atoms. The minimum Gasteiger partial charge on any atom is -0.304 e. The highest BCUT2D eigenvalue weighted by atomic mass is 19.1. The highest BCUT2D eigenvalue weighted by Gasteiger charge is 2.37. The van der Waals surface area contributed by atoms with Crippen LogP contribution >= 0.6 is 0 Å². The number of nitrogens with one attached hydrogen (secondary N) is 1. The van der Waals surface area contributed by atoms with Gasteiger partial charge in [-0.25, -0.2) is 9.37 Å². The van der Waals surface area contributed by atoms with E-state index in [4.69, 9.17) is 5.26 Å². The van der Waals surface area contributed by atoms with E-state index in [2.05, 4.69) is 17.2 Å². The lowest BCUT2D eigenvalue weighted by Gasteiger charge is -2.41. The summed E-state index contributed by atoms with van der Waals surface area (Å²) in [7, 11) is 0. The number of halogens is 1. The first kappa shape index (κ1) is 17.4. The first-order valence-electron chi connectivity index (χ1n) is 8.55. The number of fused-ring (bicyclic) bond motifs is 1. The van der Waals surface area contributed by atoms with E-state index < -0.39 is 5.82 Å². The third-order valence-electron chi connectivity index (χ3n) is 4.76. The van der Waals surface area contributed by atoms with Gasteiger partial charge < -0.3 is 4.57 Å². The topological polar surface area (TPSA) is 70.7 Å². The van der Waals surface area contributed by atoms with Crippen LogP contribution in [0.4, 0.5) is 10.3 Å². The number of carbonyl (C=O) groups excluding carboxylic acids is 1. The van der Waals surface area contributed by atoms with Gasteiger partial charge in [-0.2, -0.15) is 5.26 Å². The van der Waals surface area contributed by atoms with Gasteiger partial charge in [0, 0.05) is 12.0 Å². The van der Waals surface area contributed by atoms with Gasteiger partial charge in [0.05, 0.1) is 17.1 Å². The van der Waals surface area contributed by atoms with Gasteiger partial charge in [-0.1, -0.05) is 20.8 Å². The van der Waals surface area contributed by atoms with E-state index >= 15 is 0 Å². The zero-order valence-corrected chi connectivity index (χ0v) is 15.1. The maximum atomic E-state index is 14.4. The minimum absolute atomic E-state index is 0.145. The van der Waals surface area contributed by atoms with Gasteiger partial charge >= 0.3 is 0 Å². The normalized spacial score (nSPS) is 16.3. The molecule has 1 aliphatic carbocycles. The molecule has 1 fully saturated rings. The number of benzene rings is 1. The van der Waals surface area contributed by atoms with Crippen molar-refractivity contribution in [3.63, 3.8) is 0 Å². The number of hydrogen-bond donors (Lipinski definition) is 1. The lowest BCUT2D eigenvalue weighted by molar-refractivity contribution is -0.117. The zero-order chi connectivity index (χ0) is 18.4. The fourth-order valence-corrected chi connectivity index (χ4v) is 3.39. The lowest BCUT2D eigenvalue weighted by atomic mass is 9.78. The molecule has 0 unspecified atom stereocenters. The van der Waals surface area contributed by atoms with E-state index in [1.165, 1.54) is 6.07 Å². The second-order valence-corrected chi connectivity index (χ2v) is 8.34. The maximum absolute atomic E-state index is 14.4. The summed E-state index contributed by atoms with van der Waals surface area (Å²) in [6, 6.07) is 4.82. The Morgan fingerprint density at radius 3 is 2.64 bits per heavy atom. The largest absolute Gasteiger partial charge is 0.304 e. The molecule has 0 saturated heterocycles. The number of imidazole rings is 1. The van der Waals surface area contributed by atoms with Crippen LogP contribution in [0.25, 0.3) is 11.0 Å². The average molecular weight is 342 g/mol. The highest BCUT2D eigenvalue weighted by Crippen LogP contribution is 2.43. The van der Waals surface area contributed by atoms with Gasteiger partial charge in [-0.05, 0) is 43.7 Å². The van der Waals surface area contributed by atoms with Crippen LogP contribution in [-0.4, -0.2) is 15.5 Å². The molecule has 2 aromatic rings. The van der Waals surface area contributed by atoms with E-state index in [1.54, 1.807) is 6.07 Å². The van der Waals surface area contributed by atoms with E-state index in [0.29, 0.717) is 17.9 Å². The van der Waals surface area contributed by atoms with Crippen molar-refractivity contribution in [2.75, 3.05) is 5.32 Å². The third-order valence-corrected chi connectivity index (χ3v) is 4.76. The molecule has 6 heteroatoms. The van der Waals surface area contributed by atoms with E-state index in [-0.39, 0.29) is 27.9 Å². The Kier molecular flexibility index (Phi) is 4.06. The van der Waals surface area contributed by atoms with E-state index in [0.717, 1.165) is 19.3 Å². The Morgan fingerprint density at radius 2 is 2.12 bits per heavy atom. The highest BCUT2D eigenvalue weighted by molar-refractivity contribution is 5.92. The SMILES string of the molecule is CC(C)(C)CC(=O)Nc1nc2c(F)cc(C#N)cc2n1C1(C)CCC1. The van der Waals surface area contributed by atoms with Crippen molar-refractivity contribution in [2.24, 2.45) is 5.41 Å². The van der Waals surface area contributed by atoms with Gasteiger partial charge in [0.2, 0.25) is 11.9 Å². The molecule has 0 radical (unpaired) electrons. The van der Waals surface area contributed by atoms with Gasteiger partial charge in [-0.3, -0.25) is 10.1 Å². The van der Waals surface area contributed by atoms with Crippen LogP contribution in [0.15, 0.2) is 12.1 Å². The summed E-state index contributed by atoms with van der Waals surface area (Å²) in [6.07, 6.45) is 3.28. The summed E-state index contributed by atoms with van der Waals surface area (Å²) in [5.74, 6) is -0.324. The van der Waals surface area contributed by atoms with Crippen LogP contribution in [0.3, 0.4) is 0 Å². The molecular formula is C19H23FN4O.